The van der Waals surface area contributed by atoms with Crippen molar-refractivity contribution in [2.45, 2.75) is 0 Å². The molecule has 5 nitrogen and oxygen atoms in total. The van der Waals surface area contributed by atoms with Crippen LogP contribution in [0.5, 0.6) is 0 Å². The van der Waals surface area contributed by atoms with Gasteiger partial charge in [-0.1, -0.05) is 0 Å². The van der Waals surface area contributed by atoms with Gasteiger partial charge in [0, 0.05) is 5.56 Å². The Morgan fingerprint density at radius 3 is 2.29 bits per heavy atom. The van der Waals surface area contributed by atoms with Crippen LogP contribution in [0.1, 0.15) is 0 Å². The molecule has 0 amide bonds. The summed E-state index contributed by atoms with van der Waals surface area (Å²) in [7, 11) is 0. The summed E-state index contributed by atoms with van der Waals surface area (Å²) in [5.41, 5.74) is 13.2. The number of nitrogens with zero attached hydrogens (tertiary/aromatic N) is 3. The van der Waals surface area contributed by atoms with Crippen molar-refractivity contribution in [3.05, 3.63) is 30.9 Å². The van der Waals surface area contributed by atoms with E-state index in [1.54, 1.807) is 12.1 Å². The van der Waals surface area contributed by atoms with Crippen LogP contribution in [0.4, 0.5) is 11.4 Å². The van der Waals surface area contributed by atoms with Crippen molar-refractivity contribution in [1.29, 1.82) is 0 Å². The first-order chi connectivity index (χ1) is 6.77. The molecule has 0 aliphatic carbocycles. The third-order valence-electron chi connectivity index (χ3n) is 1.84. The molecule has 70 valence electrons. The molecule has 5 heteroatoms. The fourth-order valence-electron chi connectivity index (χ4n) is 1.10. The number of rotatable bonds is 1. The molecule has 2 aromatic rings. The molecule has 0 unspecified atom stereocenters. The van der Waals surface area contributed by atoms with E-state index in [1.165, 1.54) is 12.7 Å². The van der Waals surface area contributed by atoms with Gasteiger partial charge < -0.3 is 11.5 Å². The highest BCUT2D eigenvalue weighted by Crippen LogP contribution is 2.21. The second-order valence-electron chi connectivity index (χ2n) is 2.81. The maximum Gasteiger partial charge on any atom is 0.162 e. The molecule has 1 aromatic heterocycles. The summed E-state index contributed by atoms with van der Waals surface area (Å²) in [5.74, 6) is 0.590. The molecule has 0 aliphatic heterocycles. The van der Waals surface area contributed by atoms with E-state index in [9.17, 15) is 0 Å². The van der Waals surface area contributed by atoms with Gasteiger partial charge in [-0.2, -0.15) is 0 Å². The molecule has 0 radical (unpaired) electrons. The van der Waals surface area contributed by atoms with E-state index in [1.807, 2.05) is 6.07 Å². The predicted octanol–water partition coefficient (Wildman–Crippen LogP) is 0.703. The predicted molar refractivity (Wildman–Crippen MR) is 54.1 cm³/mol. The second kappa shape index (κ2) is 3.29. The average Bonchev–Trinajstić information content (AvgIpc) is 2.23. The van der Waals surface area contributed by atoms with Gasteiger partial charge in [0.15, 0.2) is 5.82 Å². The molecule has 0 fully saturated rings. The minimum absolute atomic E-state index is 0.530. The number of nitrogen functional groups attached to an aromatic ring is 2. The third kappa shape index (κ3) is 1.47. The molecule has 0 atom stereocenters. The number of anilines is 2. The highest BCUT2D eigenvalue weighted by molar-refractivity contribution is 5.71. The number of hydrogen-bond donors (Lipinski definition) is 2. The Balaban J connectivity index is 2.48. The fraction of sp³-hybridized carbons (Fsp3) is 0. The van der Waals surface area contributed by atoms with Crippen LogP contribution < -0.4 is 11.5 Å². The van der Waals surface area contributed by atoms with Gasteiger partial charge in [0.2, 0.25) is 0 Å². The highest BCUT2D eigenvalue weighted by Gasteiger charge is 2.01. The van der Waals surface area contributed by atoms with Crippen LogP contribution in [-0.4, -0.2) is 15.0 Å². The standard InChI is InChI=1S/C9H9N5/c10-7-2-1-6(3-8(7)11)9-13-4-12-5-14-9/h1-5H,10-11H2. The number of aromatic nitrogens is 3. The number of benzene rings is 1. The molecule has 0 bridgehead atoms. The minimum atomic E-state index is 0.530. The quantitative estimate of drug-likeness (QED) is 0.641. The van der Waals surface area contributed by atoms with Gasteiger partial charge in [-0.3, -0.25) is 0 Å². The maximum atomic E-state index is 5.66. The zero-order chi connectivity index (χ0) is 9.97. The van der Waals surface area contributed by atoms with Crippen LogP contribution in [-0.2, 0) is 0 Å². The number of hydrogen-bond acceptors (Lipinski definition) is 5. The van der Waals surface area contributed by atoms with Gasteiger partial charge in [0.05, 0.1) is 11.4 Å². The Labute approximate surface area is 80.8 Å². The van der Waals surface area contributed by atoms with Crippen molar-refractivity contribution in [3.63, 3.8) is 0 Å². The molecule has 0 saturated carbocycles. The lowest BCUT2D eigenvalue weighted by molar-refractivity contribution is 1.06. The first kappa shape index (κ1) is 8.43. The summed E-state index contributed by atoms with van der Waals surface area (Å²) in [5, 5.41) is 0. The van der Waals surface area contributed by atoms with Crippen molar-refractivity contribution in [2.24, 2.45) is 0 Å². The lowest BCUT2D eigenvalue weighted by Crippen LogP contribution is -1.96. The van der Waals surface area contributed by atoms with Gasteiger partial charge in [-0.25, -0.2) is 15.0 Å². The average molecular weight is 187 g/mol. The maximum absolute atomic E-state index is 5.66. The van der Waals surface area contributed by atoms with Crippen LogP contribution >= 0.6 is 0 Å². The lowest BCUT2D eigenvalue weighted by Gasteiger charge is -2.02. The Kier molecular flexibility index (Phi) is 1.98. The third-order valence-corrected chi connectivity index (χ3v) is 1.84. The molecular weight excluding hydrogens is 178 g/mol. The summed E-state index contributed by atoms with van der Waals surface area (Å²) in [6.07, 6.45) is 2.88. The van der Waals surface area contributed by atoms with Crippen LogP contribution in [0, 0.1) is 0 Å². The summed E-state index contributed by atoms with van der Waals surface area (Å²) < 4.78 is 0. The number of nitrogens with two attached hydrogens (primary N) is 2. The van der Waals surface area contributed by atoms with Crippen molar-refractivity contribution >= 4 is 11.4 Å². The van der Waals surface area contributed by atoms with E-state index in [0.29, 0.717) is 17.2 Å². The molecule has 0 aliphatic rings. The first-order valence-electron chi connectivity index (χ1n) is 4.05. The van der Waals surface area contributed by atoms with Crippen molar-refractivity contribution in [1.82, 2.24) is 15.0 Å². The van der Waals surface area contributed by atoms with E-state index in [0.717, 1.165) is 5.56 Å². The van der Waals surface area contributed by atoms with Crippen molar-refractivity contribution in [3.8, 4) is 11.4 Å². The SMILES string of the molecule is Nc1ccc(-c2ncncn2)cc1N. The van der Waals surface area contributed by atoms with E-state index in [4.69, 9.17) is 11.5 Å². The zero-order valence-corrected chi connectivity index (χ0v) is 7.38. The molecule has 2 rings (SSSR count). The monoisotopic (exact) mass is 187 g/mol. The summed E-state index contributed by atoms with van der Waals surface area (Å²) in [6, 6.07) is 5.29. The molecule has 14 heavy (non-hydrogen) atoms. The van der Waals surface area contributed by atoms with Crippen molar-refractivity contribution in [2.75, 3.05) is 11.5 Å². The van der Waals surface area contributed by atoms with Gasteiger partial charge in [-0.15, -0.1) is 0 Å². The van der Waals surface area contributed by atoms with Crippen LogP contribution in [0.2, 0.25) is 0 Å². The highest BCUT2D eigenvalue weighted by atomic mass is 15.0. The van der Waals surface area contributed by atoms with E-state index in [-0.39, 0.29) is 0 Å². The topological polar surface area (TPSA) is 90.7 Å². The van der Waals surface area contributed by atoms with E-state index >= 15 is 0 Å². The summed E-state index contributed by atoms with van der Waals surface area (Å²) >= 11 is 0. The minimum Gasteiger partial charge on any atom is -0.397 e. The van der Waals surface area contributed by atoms with Crippen LogP contribution in [0.15, 0.2) is 30.9 Å². The normalized spacial score (nSPS) is 10.0. The smallest absolute Gasteiger partial charge is 0.162 e. The Hall–Kier alpha value is -2.17. The van der Waals surface area contributed by atoms with E-state index in [2.05, 4.69) is 15.0 Å². The van der Waals surface area contributed by atoms with Gasteiger partial charge in [0.25, 0.3) is 0 Å². The van der Waals surface area contributed by atoms with Crippen LogP contribution in [0.3, 0.4) is 0 Å². The lowest BCUT2D eigenvalue weighted by atomic mass is 10.1. The summed E-state index contributed by atoms with van der Waals surface area (Å²) in [6.45, 7) is 0. The molecule has 0 saturated heterocycles. The Bertz CT molecular complexity index is 440. The van der Waals surface area contributed by atoms with Gasteiger partial charge in [0.1, 0.15) is 12.7 Å². The molecular formula is C9H9N5. The molecule has 1 aromatic carbocycles. The van der Waals surface area contributed by atoms with Gasteiger partial charge >= 0.3 is 0 Å². The molecule has 4 N–H and O–H groups in total. The molecule has 1 heterocycles. The second-order valence-corrected chi connectivity index (χ2v) is 2.81. The van der Waals surface area contributed by atoms with Crippen molar-refractivity contribution < 1.29 is 0 Å². The zero-order valence-electron chi connectivity index (χ0n) is 7.38. The molecule has 0 spiro atoms. The summed E-state index contributed by atoms with van der Waals surface area (Å²) in [4.78, 5) is 11.7. The fourth-order valence-corrected chi connectivity index (χ4v) is 1.10. The first-order valence-corrected chi connectivity index (χ1v) is 4.05. The van der Waals surface area contributed by atoms with E-state index < -0.39 is 0 Å². The largest absolute Gasteiger partial charge is 0.397 e. The Morgan fingerprint density at radius 1 is 0.929 bits per heavy atom. The Morgan fingerprint density at radius 2 is 1.64 bits per heavy atom. The van der Waals surface area contributed by atoms with Crippen LogP contribution in [0.25, 0.3) is 11.4 Å². The van der Waals surface area contributed by atoms with Gasteiger partial charge in [-0.05, 0) is 18.2 Å².